The van der Waals surface area contributed by atoms with Gasteiger partial charge in [0.2, 0.25) is 11.9 Å². The summed E-state index contributed by atoms with van der Waals surface area (Å²) in [5, 5.41) is 8.90. The number of hydrogen-bond donors (Lipinski definition) is 4. The lowest BCUT2D eigenvalue weighted by molar-refractivity contribution is -0.274. The van der Waals surface area contributed by atoms with E-state index in [-0.39, 0.29) is 35.2 Å². The van der Waals surface area contributed by atoms with Crippen LogP contribution in [0.3, 0.4) is 0 Å². The van der Waals surface area contributed by atoms with E-state index < -0.39 is 41.5 Å². The van der Waals surface area contributed by atoms with E-state index in [1.54, 1.807) is 0 Å². The Kier molecular flexibility index (Phi) is 7.69. The lowest BCUT2D eigenvalue weighted by atomic mass is 10.1. The van der Waals surface area contributed by atoms with Gasteiger partial charge in [-0.15, -0.1) is 13.2 Å². The topological polar surface area (TPSA) is 167 Å². The fraction of sp³-hybridized carbons (Fsp3) is 0.292. The van der Waals surface area contributed by atoms with Gasteiger partial charge in [0.25, 0.3) is 11.8 Å². The van der Waals surface area contributed by atoms with Gasteiger partial charge in [0, 0.05) is 0 Å². The van der Waals surface area contributed by atoms with Crippen LogP contribution in [-0.2, 0) is 11.2 Å². The van der Waals surface area contributed by atoms with Crippen LogP contribution in [0.15, 0.2) is 36.5 Å². The van der Waals surface area contributed by atoms with Gasteiger partial charge in [-0.05, 0) is 36.6 Å². The monoisotopic (exact) mass is 549 g/mol. The number of primary amides is 1. The van der Waals surface area contributed by atoms with Gasteiger partial charge in [0.1, 0.15) is 17.1 Å². The molecule has 11 nitrogen and oxygen atoms in total. The van der Waals surface area contributed by atoms with E-state index in [2.05, 4.69) is 25.5 Å². The molecule has 2 heterocycles. The summed E-state index contributed by atoms with van der Waals surface area (Å²) in [7, 11) is 0. The predicted molar refractivity (Wildman–Crippen MR) is 130 cm³/mol. The second-order valence-corrected chi connectivity index (χ2v) is 8.79. The number of hydrogen-bond acceptors (Lipinski definition) is 7. The molecule has 3 amide bonds. The SMILES string of the molecule is NC(=O)c1c(C(=O)Nc2cc(NC(=O)Cc3ccc(OC(F)(F)F)cc3)cnc2F)nn(C2CCCC2)c1N. The molecular formula is C24H23F4N7O4. The number of amides is 3. The number of anilines is 3. The third-order valence-electron chi connectivity index (χ3n) is 5.97. The number of alkyl halides is 3. The van der Waals surface area contributed by atoms with Gasteiger partial charge in [-0.25, -0.2) is 9.67 Å². The highest BCUT2D eigenvalue weighted by Gasteiger charge is 2.31. The van der Waals surface area contributed by atoms with Gasteiger partial charge in [-0.1, -0.05) is 25.0 Å². The van der Waals surface area contributed by atoms with Crippen LogP contribution in [0.2, 0.25) is 0 Å². The molecule has 0 saturated heterocycles. The highest BCUT2D eigenvalue weighted by molar-refractivity contribution is 6.13. The average Bonchev–Trinajstić information content (AvgIpc) is 3.49. The number of rotatable bonds is 8. The molecule has 1 aromatic carbocycles. The Balaban J connectivity index is 1.46. The van der Waals surface area contributed by atoms with Gasteiger partial charge in [-0.2, -0.15) is 9.49 Å². The van der Waals surface area contributed by atoms with E-state index >= 15 is 0 Å². The van der Waals surface area contributed by atoms with E-state index in [4.69, 9.17) is 11.5 Å². The number of carbonyl (C=O) groups is 3. The third kappa shape index (κ3) is 6.61. The first-order valence-electron chi connectivity index (χ1n) is 11.7. The zero-order valence-electron chi connectivity index (χ0n) is 20.2. The minimum atomic E-state index is -4.84. The molecule has 0 bridgehead atoms. The van der Waals surface area contributed by atoms with Crippen molar-refractivity contribution < 1.29 is 36.7 Å². The molecule has 206 valence electrons. The number of nitrogens with two attached hydrogens (primary N) is 2. The van der Waals surface area contributed by atoms with Crippen molar-refractivity contribution in [1.29, 1.82) is 0 Å². The van der Waals surface area contributed by atoms with Gasteiger partial charge < -0.3 is 26.8 Å². The first kappa shape index (κ1) is 27.3. The van der Waals surface area contributed by atoms with Crippen molar-refractivity contribution in [3.8, 4) is 5.75 Å². The van der Waals surface area contributed by atoms with Crippen molar-refractivity contribution in [2.24, 2.45) is 5.73 Å². The van der Waals surface area contributed by atoms with Crippen molar-refractivity contribution in [3.05, 3.63) is 59.3 Å². The largest absolute Gasteiger partial charge is 0.573 e. The Morgan fingerprint density at radius 2 is 1.77 bits per heavy atom. The number of carbonyl (C=O) groups excluding carboxylic acids is 3. The first-order valence-corrected chi connectivity index (χ1v) is 11.7. The predicted octanol–water partition coefficient (Wildman–Crippen LogP) is 3.55. The maximum Gasteiger partial charge on any atom is 0.573 e. The molecule has 1 aliphatic rings. The second kappa shape index (κ2) is 11.0. The fourth-order valence-electron chi connectivity index (χ4n) is 4.26. The van der Waals surface area contributed by atoms with Gasteiger partial charge in [0.05, 0.1) is 30.0 Å². The number of pyridine rings is 1. The minimum absolute atomic E-state index is 0.0137. The molecule has 0 aliphatic heterocycles. The standard InChI is InChI=1S/C24H23F4N7O4/c25-20-16(33-23(38)19-18(22(30)37)21(29)35(34-19)14-3-1-2-4-14)10-13(11-31-20)32-17(36)9-12-5-7-15(8-6-12)39-24(26,27)28/h5-8,10-11,14H,1-4,9,29H2,(H2,30,37)(H,32,36)(H,33,38). The molecule has 2 aromatic heterocycles. The van der Waals surface area contributed by atoms with E-state index in [1.165, 1.54) is 16.8 Å². The molecule has 3 aromatic rings. The smallest absolute Gasteiger partial charge is 0.406 e. The summed E-state index contributed by atoms with van der Waals surface area (Å²) < 4.78 is 56.4. The van der Waals surface area contributed by atoms with E-state index in [0.29, 0.717) is 5.56 Å². The summed E-state index contributed by atoms with van der Waals surface area (Å²) in [5.41, 5.74) is 10.8. The van der Waals surface area contributed by atoms with Crippen LogP contribution in [0.4, 0.5) is 34.8 Å². The third-order valence-corrected chi connectivity index (χ3v) is 5.97. The van der Waals surface area contributed by atoms with Crippen LogP contribution >= 0.6 is 0 Å². The Bertz CT molecular complexity index is 1400. The molecule has 0 radical (unpaired) electrons. The van der Waals surface area contributed by atoms with Gasteiger partial charge in [0.15, 0.2) is 5.69 Å². The summed E-state index contributed by atoms with van der Waals surface area (Å²) in [5.74, 6) is -4.10. The van der Waals surface area contributed by atoms with Crippen LogP contribution in [0, 0.1) is 5.95 Å². The average molecular weight is 549 g/mol. The number of nitrogens with zero attached hydrogens (tertiary/aromatic N) is 3. The summed E-state index contributed by atoms with van der Waals surface area (Å²) in [6.45, 7) is 0. The van der Waals surface area contributed by atoms with Crippen LogP contribution in [0.5, 0.6) is 5.75 Å². The van der Waals surface area contributed by atoms with Crippen LogP contribution in [0.1, 0.15) is 58.1 Å². The van der Waals surface area contributed by atoms with E-state index in [9.17, 15) is 31.9 Å². The zero-order chi connectivity index (χ0) is 28.3. The van der Waals surface area contributed by atoms with Crippen LogP contribution < -0.4 is 26.8 Å². The van der Waals surface area contributed by atoms with Crippen LogP contribution in [-0.4, -0.2) is 38.8 Å². The molecule has 4 rings (SSSR count). The van der Waals surface area contributed by atoms with Crippen molar-refractivity contribution in [1.82, 2.24) is 14.8 Å². The Morgan fingerprint density at radius 1 is 1.10 bits per heavy atom. The van der Waals surface area contributed by atoms with Gasteiger partial charge >= 0.3 is 6.36 Å². The maximum atomic E-state index is 14.4. The molecule has 0 atom stereocenters. The molecule has 39 heavy (non-hydrogen) atoms. The fourth-order valence-corrected chi connectivity index (χ4v) is 4.26. The summed E-state index contributed by atoms with van der Waals surface area (Å²) in [6, 6.07) is 5.67. The Hall–Kier alpha value is -4.69. The highest BCUT2D eigenvalue weighted by Crippen LogP contribution is 2.33. The lowest BCUT2D eigenvalue weighted by Gasteiger charge is -2.11. The molecule has 15 heteroatoms. The molecule has 1 saturated carbocycles. The summed E-state index contributed by atoms with van der Waals surface area (Å²) >= 11 is 0. The zero-order valence-corrected chi connectivity index (χ0v) is 20.2. The highest BCUT2D eigenvalue weighted by atomic mass is 19.4. The lowest BCUT2D eigenvalue weighted by Crippen LogP contribution is -2.21. The van der Waals surface area contributed by atoms with E-state index in [1.807, 2.05) is 0 Å². The summed E-state index contributed by atoms with van der Waals surface area (Å²) in [4.78, 5) is 40.9. The van der Waals surface area contributed by atoms with Crippen LogP contribution in [0.25, 0.3) is 0 Å². The first-order chi connectivity index (χ1) is 18.4. The molecule has 0 unspecified atom stereocenters. The van der Waals surface area contributed by atoms with Crippen molar-refractivity contribution >= 4 is 34.9 Å². The quantitative estimate of drug-likeness (QED) is 0.246. The number of aromatic nitrogens is 3. The normalized spacial score (nSPS) is 13.7. The number of benzene rings is 1. The summed E-state index contributed by atoms with van der Waals surface area (Å²) in [6.07, 6.45) is -0.676. The molecule has 0 spiro atoms. The number of nitrogens with one attached hydrogen (secondary N) is 2. The maximum absolute atomic E-state index is 14.4. The Labute approximate surface area is 218 Å². The number of halogens is 4. The number of ether oxygens (including phenoxy) is 1. The number of nitrogen functional groups attached to an aromatic ring is 1. The molecule has 1 fully saturated rings. The minimum Gasteiger partial charge on any atom is -0.406 e. The molecule has 1 aliphatic carbocycles. The van der Waals surface area contributed by atoms with Crippen molar-refractivity contribution in [2.45, 2.75) is 44.5 Å². The van der Waals surface area contributed by atoms with Gasteiger partial charge in [-0.3, -0.25) is 14.4 Å². The molecule has 6 N–H and O–H groups in total. The molecular weight excluding hydrogens is 526 g/mol. The van der Waals surface area contributed by atoms with Crippen molar-refractivity contribution in [3.63, 3.8) is 0 Å². The van der Waals surface area contributed by atoms with Crippen molar-refractivity contribution in [2.75, 3.05) is 16.4 Å². The Morgan fingerprint density at radius 3 is 2.38 bits per heavy atom. The van der Waals surface area contributed by atoms with E-state index in [0.717, 1.165) is 50.1 Å². The second-order valence-electron chi connectivity index (χ2n) is 8.79.